The number of nitrogens with zero attached hydrogens (tertiary/aromatic N) is 1. The molecule has 0 unspecified atom stereocenters. The fourth-order valence-electron chi connectivity index (χ4n) is 3.18. The van der Waals surface area contributed by atoms with Crippen molar-refractivity contribution in [3.63, 3.8) is 0 Å². The number of H-pyrrole nitrogens is 1. The Morgan fingerprint density at radius 1 is 1.23 bits per heavy atom. The summed E-state index contributed by atoms with van der Waals surface area (Å²) in [6, 6.07) is 4.18. The lowest BCUT2D eigenvalue weighted by Gasteiger charge is -2.21. The number of carboxylic acids is 1. The molecule has 6 heteroatoms. The molecule has 3 rings (SSSR count). The number of rotatable bonds is 3. The van der Waals surface area contributed by atoms with Gasteiger partial charge in [0.15, 0.2) is 0 Å². The SMILES string of the molecule is O=C(O)c1ccc2c(=O)n(CC3CCCCC3)c(=O)[nH]c2c1. The van der Waals surface area contributed by atoms with Crippen LogP contribution in [-0.4, -0.2) is 20.6 Å². The monoisotopic (exact) mass is 302 g/mol. The molecule has 0 atom stereocenters. The van der Waals surface area contributed by atoms with Crippen molar-refractivity contribution >= 4 is 16.9 Å². The number of hydrogen-bond donors (Lipinski definition) is 2. The number of carboxylic acid groups (broad SMARTS) is 1. The van der Waals surface area contributed by atoms with Crippen molar-refractivity contribution in [3.8, 4) is 0 Å². The standard InChI is InChI=1S/C16H18N2O4/c19-14-12-7-6-11(15(20)21)8-13(12)17-16(22)18(14)9-10-4-2-1-3-5-10/h6-8,10H,1-5,9H2,(H,17,22)(H,20,21). The first-order valence-electron chi connectivity index (χ1n) is 7.56. The van der Waals surface area contributed by atoms with Gasteiger partial charge in [-0.15, -0.1) is 0 Å². The second kappa shape index (κ2) is 5.79. The average Bonchev–Trinajstić information content (AvgIpc) is 2.52. The Labute approximate surface area is 126 Å². The highest BCUT2D eigenvalue weighted by molar-refractivity contribution is 5.92. The third-order valence-corrected chi connectivity index (χ3v) is 4.39. The molecule has 1 aliphatic rings. The van der Waals surface area contributed by atoms with Crippen LogP contribution in [0.1, 0.15) is 42.5 Å². The number of benzene rings is 1. The summed E-state index contributed by atoms with van der Waals surface area (Å²) in [4.78, 5) is 38.3. The Hall–Kier alpha value is -2.37. The van der Waals surface area contributed by atoms with Crippen LogP contribution in [0.4, 0.5) is 0 Å². The first-order valence-corrected chi connectivity index (χ1v) is 7.56. The van der Waals surface area contributed by atoms with Gasteiger partial charge >= 0.3 is 11.7 Å². The third kappa shape index (κ3) is 2.68. The Kier molecular flexibility index (Phi) is 3.83. The van der Waals surface area contributed by atoms with Crippen molar-refractivity contribution < 1.29 is 9.90 Å². The lowest BCUT2D eigenvalue weighted by Crippen LogP contribution is -2.37. The summed E-state index contributed by atoms with van der Waals surface area (Å²) in [5.74, 6) is -0.725. The number of nitrogens with one attached hydrogen (secondary N) is 1. The minimum Gasteiger partial charge on any atom is -0.478 e. The van der Waals surface area contributed by atoms with Gasteiger partial charge in [0, 0.05) is 6.54 Å². The predicted octanol–water partition coefficient (Wildman–Crippen LogP) is 1.97. The summed E-state index contributed by atoms with van der Waals surface area (Å²) in [5, 5.41) is 9.33. The van der Waals surface area contributed by atoms with Crippen LogP contribution < -0.4 is 11.2 Å². The van der Waals surface area contributed by atoms with Crippen molar-refractivity contribution in [1.82, 2.24) is 9.55 Å². The molecule has 22 heavy (non-hydrogen) atoms. The molecule has 0 spiro atoms. The molecule has 0 saturated heterocycles. The van der Waals surface area contributed by atoms with Crippen molar-refractivity contribution in [2.75, 3.05) is 0 Å². The molecule has 1 fully saturated rings. The zero-order valence-electron chi connectivity index (χ0n) is 12.2. The molecule has 1 saturated carbocycles. The Morgan fingerprint density at radius 2 is 1.95 bits per heavy atom. The average molecular weight is 302 g/mol. The van der Waals surface area contributed by atoms with Gasteiger partial charge in [-0.3, -0.25) is 9.36 Å². The zero-order chi connectivity index (χ0) is 15.7. The maximum absolute atomic E-state index is 12.5. The van der Waals surface area contributed by atoms with Gasteiger partial charge in [0.1, 0.15) is 0 Å². The van der Waals surface area contributed by atoms with Crippen molar-refractivity contribution in [2.45, 2.75) is 38.6 Å². The van der Waals surface area contributed by atoms with Gasteiger partial charge in [-0.05, 0) is 37.0 Å². The maximum atomic E-state index is 12.5. The number of fused-ring (bicyclic) bond motifs is 1. The van der Waals surface area contributed by atoms with E-state index in [2.05, 4.69) is 4.98 Å². The van der Waals surface area contributed by atoms with Crippen molar-refractivity contribution in [1.29, 1.82) is 0 Å². The fourth-order valence-corrected chi connectivity index (χ4v) is 3.18. The minimum atomic E-state index is -1.09. The van der Waals surface area contributed by atoms with E-state index in [1.54, 1.807) is 0 Å². The van der Waals surface area contributed by atoms with Gasteiger partial charge in [0.05, 0.1) is 16.5 Å². The summed E-state index contributed by atoms with van der Waals surface area (Å²) in [7, 11) is 0. The normalized spacial score (nSPS) is 16.0. The molecule has 2 aromatic rings. The van der Waals surface area contributed by atoms with E-state index in [9.17, 15) is 14.4 Å². The highest BCUT2D eigenvalue weighted by Crippen LogP contribution is 2.24. The third-order valence-electron chi connectivity index (χ3n) is 4.39. The summed E-state index contributed by atoms with van der Waals surface area (Å²) < 4.78 is 1.25. The minimum absolute atomic E-state index is 0.0487. The van der Waals surface area contributed by atoms with Gasteiger partial charge in [-0.2, -0.15) is 0 Å². The van der Waals surface area contributed by atoms with Crippen LogP contribution in [0.25, 0.3) is 10.9 Å². The summed E-state index contributed by atoms with van der Waals surface area (Å²) in [6.45, 7) is 0.435. The fraction of sp³-hybridized carbons (Fsp3) is 0.438. The van der Waals surface area contributed by atoms with Crippen molar-refractivity contribution in [3.05, 3.63) is 44.6 Å². The Balaban J connectivity index is 2.04. The van der Waals surface area contributed by atoms with Crippen LogP contribution in [0.5, 0.6) is 0 Å². The number of carbonyl (C=O) groups is 1. The van der Waals surface area contributed by atoms with Crippen molar-refractivity contribution in [2.24, 2.45) is 5.92 Å². The summed E-state index contributed by atoms with van der Waals surface area (Å²) in [5.41, 5.74) is -0.491. The first-order chi connectivity index (χ1) is 10.6. The molecular weight excluding hydrogens is 284 g/mol. The van der Waals surface area contributed by atoms with Crippen LogP contribution in [0.2, 0.25) is 0 Å². The molecule has 1 aromatic heterocycles. The molecule has 2 N–H and O–H groups in total. The zero-order valence-corrected chi connectivity index (χ0v) is 12.2. The molecule has 116 valence electrons. The van der Waals surface area contributed by atoms with E-state index < -0.39 is 11.7 Å². The van der Waals surface area contributed by atoms with Crippen LogP contribution in [-0.2, 0) is 6.54 Å². The van der Waals surface area contributed by atoms with Gasteiger partial charge in [0.25, 0.3) is 5.56 Å². The second-order valence-corrected chi connectivity index (χ2v) is 5.92. The van der Waals surface area contributed by atoms with Gasteiger partial charge in [0.2, 0.25) is 0 Å². The molecule has 0 bridgehead atoms. The van der Waals surface area contributed by atoms with E-state index in [1.165, 1.54) is 29.2 Å². The van der Waals surface area contributed by atoms with E-state index in [1.807, 2.05) is 0 Å². The molecule has 0 aliphatic heterocycles. The molecule has 6 nitrogen and oxygen atoms in total. The summed E-state index contributed by atoms with van der Waals surface area (Å²) in [6.07, 6.45) is 5.60. The number of aromatic nitrogens is 2. The highest BCUT2D eigenvalue weighted by atomic mass is 16.4. The second-order valence-electron chi connectivity index (χ2n) is 5.92. The van der Waals surface area contributed by atoms with Crippen LogP contribution in [0, 0.1) is 5.92 Å². The van der Waals surface area contributed by atoms with E-state index in [0.29, 0.717) is 17.8 Å². The van der Waals surface area contributed by atoms with E-state index in [-0.39, 0.29) is 16.6 Å². The predicted molar refractivity (Wildman–Crippen MR) is 82.4 cm³/mol. The molecule has 1 aliphatic carbocycles. The number of aromatic carboxylic acids is 1. The highest BCUT2D eigenvalue weighted by Gasteiger charge is 2.17. The van der Waals surface area contributed by atoms with E-state index in [0.717, 1.165) is 25.7 Å². The topological polar surface area (TPSA) is 92.2 Å². The smallest absolute Gasteiger partial charge is 0.335 e. The lowest BCUT2D eigenvalue weighted by molar-refractivity contribution is 0.0697. The quantitative estimate of drug-likeness (QED) is 0.906. The summed E-state index contributed by atoms with van der Waals surface area (Å²) >= 11 is 0. The van der Waals surface area contributed by atoms with E-state index >= 15 is 0 Å². The molecular formula is C16H18N2O4. The largest absolute Gasteiger partial charge is 0.478 e. The van der Waals surface area contributed by atoms with Gasteiger partial charge < -0.3 is 10.1 Å². The van der Waals surface area contributed by atoms with Crippen LogP contribution >= 0.6 is 0 Å². The van der Waals surface area contributed by atoms with E-state index in [4.69, 9.17) is 5.11 Å². The molecule has 0 amide bonds. The maximum Gasteiger partial charge on any atom is 0.335 e. The number of hydrogen-bond acceptors (Lipinski definition) is 3. The first kappa shape index (κ1) is 14.6. The van der Waals surface area contributed by atoms with Crippen LogP contribution in [0.15, 0.2) is 27.8 Å². The van der Waals surface area contributed by atoms with Gasteiger partial charge in [-0.1, -0.05) is 19.3 Å². The van der Waals surface area contributed by atoms with Crippen LogP contribution in [0.3, 0.4) is 0 Å². The molecule has 1 heterocycles. The Bertz CT molecular complexity index is 828. The molecule has 0 radical (unpaired) electrons. The molecule has 1 aromatic carbocycles. The van der Waals surface area contributed by atoms with Gasteiger partial charge in [-0.25, -0.2) is 9.59 Å². The Morgan fingerprint density at radius 3 is 2.64 bits per heavy atom. The number of aromatic amines is 1. The lowest BCUT2D eigenvalue weighted by atomic mass is 9.89.